The molecular formula is C10H14O6S. The van der Waals surface area contributed by atoms with Gasteiger partial charge in [0, 0.05) is 6.42 Å². The molecule has 1 aromatic rings. The second-order valence-corrected chi connectivity index (χ2v) is 5.66. The third-order valence-electron chi connectivity index (χ3n) is 2.33. The second-order valence-electron chi connectivity index (χ2n) is 3.83. The van der Waals surface area contributed by atoms with Crippen LogP contribution in [0.1, 0.15) is 12.5 Å². The molecule has 0 saturated heterocycles. The molecule has 0 bridgehead atoms. The first-order chi connectivity index (χ1) is 7.67. The molecule has 0 saturated carbocycles. The minimum absolute atomic E-state index is 0.0947. The molecule has 0 aromatic heterocycles. The Morgan fingerprint density at radius 1 is 1.41 bits per heavy atom. The van der Waals surface area contributed by atoms with Crippen molar-refractivity contribution in [2.75, 3.05) is 7.11 Å². The van der Waals surface area contributed by atoms with E-state index >= 15 is 0 Å². The molecule has 0 aliphatic rings. The van der Waals surface area contributed by atoms with Crippen LogP contribution < -0.4 is 4.74 Å². The lowest BCUT2D eigenvalue weighted by molar-refractivity contribution is 0.132. The van der Waals surface area contributed by atoms with Crippen LogP contribution in [0.2, 0.25) is 0 Å². The average Bonchev–Trinajstić information content (AvgIpc) is 2.19. The van der Waals surface area contributed by atoms with Crippen LogP contribution in [0.15, 0.2) is 18.2 Å². The molecule has 7 heteroatoms. The third-order valence-corrected chi connectivity index (χ3v) is 3.59. The molecule has 0 aliphatic carbocycles. The standard InChI is InChI=1S/C10H14O6S/c1-10(12,17(13,14)15)6-7-3-4-8(11)9(5-7)16-2/h3-5,11-12H,6H2,1-2H3,(H,13,14,15)/t10-/m0/s1. The highest BCUT2D eigenvalue weighted by Crippen LogP contribution is 2.28. The Kier molecular flexibility index (Phi) is 3.65. The maximum Gasteiger partial charge on any atom is 0.295 e. The number of hydrogen-bond donors (Lipinski definition) is 3. The zero-order valence-electron chi connectivity index (χ0n) is 9.41. The van der Waals surface area contributed by atoms with E-state index in [4.69, 9.17) is 9.29 Å². The van der Waals surface area contributed by atoms with Crippen molar-refractivity contribution in [3.63, 3.8) is 0 Å². The summed E-state index contributed by atoms with van der Waals surface area (Å²) in [7, 11) is -3.23. The molecule has 0 spiro atoms. The van der Waals surface area contributed by atoms with Gasteiger partial charge in [-0.15, -0.1) is 0 Å². The fourth-order valence-corrected chi connectivity index (χ4v) is 1.65. The van der Waals surface area contributed by atoms with Crippen molar-refractivity contribution in [2.24, 2.45) is 0 Å². The molecule has 0 aliphatic heterocycles. The molecule has 3 N–H and O–H groups in total. The Morgan fingerprint density at radius 3 is 2.47 bits per heavy atom. The van der Waals surface area contributed by atoms with Crippen LogP contribution in [-0.4, -0.2) is 35.2 Å². The van der Waals surface area contributed by atoms with Crippen LogP contribution in [0.5, 0.6) is 11.5 Å². The van der Waals surface area contributed by atoms with Crippen molar-refractivity contribution in [1.29, 1.82) is 0 Å². The lowest BCUT2D eigenvalue weighted by atomic mass is 10.1. The summed E-state index contributed by atoms with van der Waals surface area (Å²) in [6.07, 6.45) is -0.317. The van der Waals surface area contributed by atoms with Crippen molar-refractivity contribution in [1.82, 2.24) is 0 Å². The third kappa shape index (κ3) is 3.09. The van der Waals surface area contributed by atoms with E-state index in [2.05, 4.69) is 0 Å². The summed E-state index contributed by atoms with van der Waals surface area (Å²) < 4.78 is 35.5. The zero-order valence-corrected chi connectivity index (χ0v) is 10.2. The highest BCUT2D eigenvalue weighted by Gasteiger charge is 2.35. The highest BCUT2D eigenvalue weighted by molar-refractivity contribution is 7.87. The van der Waals surface area contributed by atoms with Gasteiger partial charge in [-0.1, -0.05) is 6.07 Å². The van der Waals surface area contributed by atoms with Crippen molar-refractivity contribution >= 4 is 10.1 Å². The fourth-order valence-electron chi connectivity index (χ4n) is 1.30. The lowest BCUT2D eigenvalue weighted by Gasteiger charge is -2.19. The summed E-state index contributed by atoms with van der Waals surface area (Å²) in [6.45, 7) is 0.988. The normalized spacial score (nSPS) is 15.3. The van der Waals surface area contributed by atoms with E-state index in [1.165, 1.54) is 25.3 Å². The summed E-state index contributed by atoms with van der Waals surface area (Å²) >= 11 is 0. The Morgan fingerprint density at radius 2 is 2.00 bits per heavy atom. The van der Waals surface area contributed by atoms with Crippen LogP contribution in [0.3, 0.4) is 0 Å². The summed E-state index contributed by atoms with van der Waals surface area (Å²) in [5.41, 5.74) is 0.405. The molecular weight excluding hydrogens is 248 g/mol. The fraction of sp³-hybridized carbons (Fsp3) is 0.400. The van der Waals surface area contributed by atoms with Gasteiger partial charge < -0.3 is 14.9 Å². The minimum atomic E-state index is -4.58. The second kappa shape index (κ2) is 4.52. The van der Waals surface area contributed by atoms with Gasteiger partial charge in [-0.3, -0.25) is 4.55 Å². The Balaban J connectivity index is 3.05. The molecule has 1 atom stereocenters. The molecule has 96 valence electrons. The van der Waals surface area contributed by atoms with Gasteiger partial charge in [0.05, 0.1) is 7.11 Å². The number of aliphatic hydroxyl groups is 1. The number of ether oxygens (including phenoxy) is 1. The molecule has 1 aromatic carbocycles. The summed E-state index contributed by atoms with van der Waals surface area (Å²) in [5.74, 6) is 0.0661. The van der Waals surface area contributed by atoms with Crippen LogP contribution in [0.4, 0.5) is 0 Å². The van der Waals surface area contributed by atoms with Gasteiger partial charge >= 0.3 is 0 Å². The number of methoxy groups -OCH3 is 1. The van der Waals surface area contributed by atoms with Gasteiger partial charge in [-0.25, -0.2) is 0 Å². The molecule has 1 rings (SSSR count). The predicted molar refractivity (Wildman–Crippen MR) is 60.5 cm³/mol. The first kappa shape index (κ1) is 13.8. The first-order valence-electron chi connectivity index (χ1n) is 4.72. The Hall–Kier alpha value is -1.31. The van der Waals surface area contributed by atoms with E-state index in [1.54, 1.807) is 0 Å². The van der Waals surface area contributed by atoms with Gasteiger partial charge in [-0.2, -0.15) is 8.42 Å². The molecule has 0 unspecified atom stereocenters. The first-order valence-corrected chi connectivity index (χ1v) is 6.16. The van der Waals surface area contributed by atoms with Crippen LogP contribution in [0, 0.1) is 0 Å². The summed E-state index contributed by atoms with van der Waals surface area (Å²) in [4.78, 5) is -2.28. The number of benzene rings is 1. The molecule has 17 heavy (non-hydrogen) atoms. The maximum atomic E-state index is 10.9. The molecule has 0 amide bonds. The van der Waals surface area contributed by atoms with Gasteiger partial charge in [0.2, 0.25) is 0 Å². The highest BCUT2D eigenvalue weighted by atomic mass is 32.2. The Bertz CT molecular complexity index is 506. The van der Waals surface area contributed by atoms with E-state index in [9.17, 15) is 18.6 Å². The minimum Gasteiger partial charge on any atom is -0.504 e. The topological polar surface area (TPSA) is 104 Å². The predicted octanol–water partition coefficient (Wildman–Crippen LogP) is 0.540. The number of hydrogen-bond acceptors (Lipinski definition) is 5. The van der Waals surface area contributed by atoms with E-state index < -0.39 is 15.1 Å². The monoisotopic (exact) mass is 262 g/mol. The van der Waals surface area contributed by atoms with E-state index in [-0.39, 0.29) is 17.9 Å². The largest absolute Gasteiger partial charge is 0.504 e. The van der Waals surface area contributed by atoms with Gasteiger partial charge in [0.25, 0.3) is 10.1 Å². The number of rotatable bonds is 4. The summed E-state index contributed by atoms with van der Waals surface area (Å²) in [6, 6.07) is 4.13. The van der Waals surface area contributed by atoms with Crippen LogP contribution in [0.25, 0.3) is 0 Å². The van der Waals surface area contributed by atoms with Gasteiger partial charge in [0.1, 0.15) is 0 Å². The van der Waals surface area contributed by atoms with Crippen molar-refractivity contribution in [2.45, 2.75) is 18.3 Å². The lowest BCUT2D eigenvalue weighted by Crippen LogP contribution is -2.36. The van der Waals surface area contributed by atoms with Crippen molar-refractivity contribution < 1.29 is 27.9 Å². The van der Waals surface area contributed by atoms with Gasteiger partial charge in [-0.05, 0) is 24.6 Å². The van der Waals surface area contributed by atoms with Crippen molar-refractivity contribution in [3.05, 3.63) is 23.8 Å². The average molecular weight is 262 g/mol. The molecule has 0 heterocycles. The maximum absolute atomic E-state index is 10.9. The Labute approximate surface area is 99.2 Å². The van der Waals surface area contributed by atoms with Crippen LogP contribution in [-0.2, 0) is 16.5 Å². The van der Waals surface area contributed by atoms with E-state index in [1.807, 2.05) is 0 Å². The SMILES string of the molecule is COc1cc(C[C@@](C)(O)S(=O)(=O)O)ccc1O. The number of phenolic OH excluding ortho intramolecular Hbond substituents is 1. The van der Waals surface area contributed by atoms with Crippen molar-refractivity contribution in [3.8, 4) is 11.5 Å². The smallest absolute Gasteiger partial charge is 0.295 e. The van der Waals surface area contributed by atoms with Gasteiger partial charge in [0.15, 0.2) is 16.4 Å². The number of aromatic hydroxyl groups is 1. The molecule has 0 fully saturated rings. The number of phenols is 1. The quantitative estimate of drug-likeness (QED) is 0.684. The van der Waals surface area contributed by atoms with E-state index in [0.29, 0.717) is 5.56 Å². The van der Waals surface area contributed by atoms with Crippen LogP contribution >= 0.6 is 0 Å². The molecule has 0 radical (unpaired) electrons. The summed E-state index contributed by atoms with van der Waals surface area (Å²) in [5, 5.41) is 18.9. The molecule has 6 nitrogen and oxygen atoms in total. The van der Waals surface area contributed by atoms with E-state index in [0.717, 1.165) is 6.92 Å². The zero-order chi connectivity index (χ0) is 13.3.